The van der Waals surface area contributed by atoms with Crippen LogP contribution in [-0.2, 0) is 16.0 Å². The van der Waals surface area contributed by atoms with Gasteiger partial charge >= 0.3 is 5.97 Å². The summed E-state index contributed by atoms with van der Waals surface area (Å²) in [6.45, 7) is 5.91. The Balaban J connectivity index is 0.00000136. The van der Waals surface area contributed by atoms with Crippen LogP contribution < -0.4 is 0 Å². The van der Waals surface area contributed by atoms with E-state index < -0.39 is 5.97 Å². The highest BCUT2D eigenvalue weighted by atomic mass is 16.4. The minimum absolute atomic E-state index is 0.126. The van der Waals surface area contributed by atoms with Crippen molar-refractivity contribution in [1.29, 1.82) is 0 Å². The van der Waals surface area contributed by atoms with Crippen molar-refractivity contribution in [3.63, 3.8) is 0 Å². The maximum Gasteiger partial charge on any atom is 0.303 e. The molecule has 0 bridgehead atoms. The van der Waals surface area contributed by atoms with Crippen molar-refractivity contribution < 1.29 is 14.7 Å². The molecule has 0 spiro atoms. The van der Waals surface area contributed by atoms with Gasteiger partial charge in [0, 0.05) is 17.5 Å². The molecule has 0 saturated heterocycles. The molecule has 0 unspecified atom stereocenters. The number of nitrogens with zero attached hydrogens (tertiary/aromatic N) is 1. The van der Waals surface area contributed by atoms with Crippen LogP contribution in [0.2, 0.25) is 0 Å². The van der Waals surface area contributed by atoms with Crippen LogP contribution in [0.25, 0.3) is 23.1 Å². The molecule has 1 heterocycles. The summed E-state index contributed by atoms with van der Waals surface area (Å²) < 4.78 is 1.66. The Hall–Kier alpha value is -3.14. The molecule has 0 amide bonds. The second-order valence-electron chi connectivity index (χ2n) is 6.27. The monoisotopic (exact) mass is 377 g/mol. The van der Waals surface area contributed by atoms with Gasteiger partial charge in [-0.1, -0.05) is 74.5 Å². The average Bonchev–Trinajstić information content (AvgIpc) is 3.00. The number of carboxylic acids is 1. The zero-order chi connectivity index (χ0) is 20.5. The molecule has 0 atom stereocenters. The van der Waals surface area contributed by atoms with Crippen LogP contribution in [-0.4, -0.2) is 22.1 Å². The van der Waals surface area contributed by atoms with E-state index in [0.29, 0.717) is 12.8 Å². The maximum absolute atomic E-state index is 11.7. The lowest BCUT2D eigenvalue weighted by Gasteiger charge is -2.02. The van der Waals surface area contributed by atoms with E-state index in [2.05, 4.69) is 0 Å². The first kappa shape index (κ1) is 21.2. The molecule has 1 N–H and O–H groups in total. The van der Waals surface area contributed by atoms with Crippen LogP contribution in [0.4, 0.5) is 0 Å². The van der Waals surface area contributed by atoms with Gasteiger partial charge in [-0.05, 0) is 36.5 Å². The van der Waals surface area contributed by atoms with Crippen molar-refractivity contribution in [2.45, 2.75) is 40.0 Å². The van der Waals surface area contributed by atoms with Gasteiger partial charge in [0.25, 0.3) is 0 Å². The molecule has 2 aromatic carbocycles. The third kappa shape index (κ3) is 4.77. The lowest BCUT2D eigenvalue weighted by molar-refractivity contribution is -0.137. The van der Waals surface area contributed by atoms with Gasteiger partial charge in [-0.15, -0.1) is 0 Å². The summed E-state index contributed by atoms with van der Waals surface area (Å²) in [4.78, 5) is 22.5. The molecular weight excluding hydrogens is 350 g/mol. The quantitative estimate of drug-likeness (QED) is 0.431. The minimum atomic E-state index is -0.798. The third-order valence-corrected chi connectivity index (χ3v) is 4.61. The number of hydrogen-bond acceptors (Lipinski definition) is 2. The average molecular weight is 377 g/mol. The Bertz CT molecular complexity index is 968. The predicted octanol–water partition coefficient (Wildman–Crippen LogP) is 5.59. The number of aromatic nitrogens is 1. The molecular formula is C24H27NO3. The summed E-state index contributed by atoms with van der Waals surface area (Å²) in [5.41, 5.74) is 4.85. The van der Waals surface area contributed by atoms with E-state index in [1.807, 2.05) is 81.5 Å². The number of carbonyl (C=O) groups excluding carboxylic acids is 1. The number of para-hydroxylation sites is 1. The summed E-state index contributed by atoms with van der Waals surface area (Å²) >= 11 is 0. The molecule has 0 aliphatic rings. The third-order valence-electron chi connectivity index (χ3n) is 4.61. The molecule has 0 aliphatic carbocycles. The second kappa shape index (κ2) is 10.3. The van der Waals surface area contributed by atoms with E-state index >= 15 is 0 Å². The van der Waals surface area contributed by atoms with Crippen LogP contribution in [0, 0.1) is 6.92 Å². The smallest absolute Gasteiger partial charge is 0.303 e. The van der Waals surface area contributed by atoms with Gasteiger partial charge in [0.1, 0.15) is 0 Å². The van der Waals surface area contributed by atoms with Gasteiger partial charge < -0.3 is 5.11 Å². The molecule has 0 radical (unpaired) electrons. The molecule has 28 heavy (non-hydrogen) atoms. The van der Waals surface area contributed by atoms with Crippen LogP contribution in [0.5, 0.6) is 0 Å². The molecule has 4 heteroatoms. The number of rotatable bonds is 7. The number of benzene rings is 2. The van der Waals surface area contributed by atoms with Gasteiger partial charge in [-0.25, -0.2) is 0 Å². The maximum atomic E-state index is 11.7. The highest BCUT2D eigenvalue weighted by molar-refractivity contribution is 5.97. The number of aliphatic carboxylic acids is 1. The first-order valence-corrected chi connectivity index (χ1v) is 9.64. The van der Waals surface area contributed by atoms with Crippen LogP contribution in [0.1, 0.15) is 49.1 Å². The topological polar surface area (TPSA) is 59.3 Å². The van der Waals surface area contributed by atoms with Crippen LogP contribution in [0.3, 0.4) is 0 Å². The molecule has 0 saturated carbocycles. The van der Waals surface area contributed by atoms with E-state index in [0.717, 1.165) is 39.7 Å². The predicted molar refractivity (Wildman–Crippen MR) is 116 cm³/mol. The van der Waals surface area contributed by atoms with E-state index in [4.69, 9.17) is 5.11 Å². The minimum Gasteiger partial charge on any atom is -0.481 e. The SMILES string of the molecule is CC.Cc1c(CCCC(=O)O)c2cccc(/C=C/c3ccccc3)c2n1C=O. The molecule has 3 aromatic rings. The summed E-state index contributed by atoms with van der Waals surface area (Å²) in [6.07, 6.45) is 6.19. The van der Waals surface area contributed by atoms with Gasteiger partial charge in [0.15, 0.2) is 0 Å². The van der Waals surface area contributed by atoms with Crippen molar-refractivity contribution in [1.82, 2.24) is 4.57 Å². The van der Waals surface area contributed by atoms with Crippen LogP contribution >= 0.6 is 0 Å². The lowest BCUT2D eigenvalue weighted by atomic mass is 10.0. The molecule has 4 nitrogen and oxygen atoms in total. The molecule has 1 aromatic heterocycles. The normalized spacial score (nSPS) is 10.7. The lowest BCUT2D eigenvalue weighted by Crippen LogP contribution is -2.00. The van der Waals surface area contributed by atoms with Crippen molar-refractivity contribution in [3.8, 4) is 0 Å². The zero-order valence-electron chi connectivity index (χ0n) is 16.7. The van der Waals surface area contributed by atoms with E-state index in [9.17, 15) is 9.59 Å². The largest absolute Gasteiger partial charge is 0.481 e. The van der Waals surface area contributed by atoms with Crippen LogP contribution in [0.15, 0.2) is 48.5 Å². The van der Waals surface area contributed by atoms with Crippen molar-refractivity contribution >= 4 is 35.4 Å². The molecule has 0 fully saturated rings. The number of carbonyl (C=O) groups is 2. The molecule has 146 valence electrons. The van der Waals surface area contributed by atoms with Gasteiger partial charge in [0.05, 0.1) is 5.52 Å². The second-order valence-corrected chi connectivity index (χ2v) is 6.27. The number of hydrogen-bond donors (Lipinski definition) is 1. The first-order chi connectivity index (χ1) is 13.6. The number of carboxylic acid groups (broad SMARTS) is 1. The Morgan fingerprint density at radius 2 is 1.75 bits per heavy atom. The summed E-state index contributed by atoms with van der Waals surface area (Å²) in [5, 5.41) is 9.89. The zero-order valence-corrected chi connectivity index (χ0v) is 16.7. The van der Waals surface area contributed by atoms with Crippen molar-refractivity contribution in [2.24, 2.45) is 0 Å². The number of aryl methyl sites for hydroxylation is 1. The van der Waals surface area contributed by atoms with Gasteiger partial charge in [-0.2, -0.15) is 0 Å². The fourth-order valence-electron chi connectivity index (χ4n) is 3.33. The Kier molecular flexibility index (Phi) is 7.76. The first-order valence-electron chi connectivity index (χ1n) is 9.64. The van der Waals surface area contributed by atoms with Crippen molar-refractivity contribution in [3.05, 3.63) is 70.9 Å². The van der Waals surface area contributed by atoms with E-state index in [1.165, 1.54) is 0 Å². The van der Waals surface area contributed by atoms with Gasteiger partial charge in [-0.3, -0.25) is 14.2 Å². The fourth-order valence-corrected chi connectivity index (χ4v) is 3.33. The Morgan fingerprint density at radius 3 is 2.39 bits per heavy atom. The standard InChI is InChI=1S/C22H21NO3.C2H6/c1-16-19(10-6-12-21(25)26)20-11-5-9-18(22(20)23(16)15-24)14-13-17-7-3-2-4-8-17;1-2/h2-5,7-9,11,13-15H,6,10,12H2,1H3,(H,25,26);1-2H3/b14-13+;. The fraction of sp³-hybridized carbons (Fsp3) is 0.250. The van der Waals surface area contributed by atoms with E-state index in [1.54, 1.807) is 4.57 Å². The Labute approximate surface area is 166 Å². The number of fused-ring (bicyclic) bond motifs is 1. The molecule has 3 rings (SSSR count). The summed E-state index contributed by atoms with van der Waals surface area (Å²) in [5.74, 6) is -0.798. The summed E-state index contributed by atoms with van der Waals surface area (Å²) in [7, 11) is 0. The Morgan fingerprint density at radius 1 is 1.04 bits per heavy atom. The highest BCUT2D eigenvalue weighted by Crippen LogP contribution is 2.30. The van der Waals surface area contributed by atoms with E-state index in [-0.39, 0.29) is 6.42 Å². The van der Waals surface area contributed by atoms with Crippen molar-refractivity contribution in [2.75, 3.05) is 0 Å². The molecule has 0 aliphatic heterocycles. The van der Waals surface area contributed by atoms with Gasteiger partial charge in [0.2, 0.25) is 6.41 Å². The summed E-state index contributed by atoms with van der Waals surface area (Å²) in [6, 6.07) is 16.0. The highest BCUT2D eigenvalue weighted by Gasteiger charge is 2.15.